The van der Waals surface area contributed by atoms with Crippen LogP contribution in [0.5, 0.6) is 23.0 Å². The van der Waals surface area contributed by atoms with E-state index in [2.05, 4.69) is 53.4 Å². The number of rotatable bonds is 4. The summed E-state index contributed by atoms with van der Waals surface area (Å²) in [4.78, 5) is 2.65. The van der Waals surface area contributed by atoms with Crippen LogP contribution in [0.2, 0.25) is 0 Å². The fourth-order valence-corrected chi connectivity index (χ4v) is 5.68. The van der Waals surface area contributed by atoms with Crippen molar-refractivity contribution in [3.63, 3.8) is 0 Å². The van der Waals surface area contributed by atoms with Crippen LogP contribution in [0.15, 0.2) is 54.6 Å². The van der Waals surface area contributed by atoms with Gasteiger partial charge >= 0.3 is 0 Å². The van der Waals surface area contributed by atoms with E-state index in [1.807, 2.05) is 6.07 Å². The van der Waals surface area contributed by atoms with Crippen molar-refractivity contribution >= 4 is 0 Å². The molecule has 3 heterocycles. The van der Waals surface area contributed by atoms with Crippen LogP contribution in [-0.4, -0.2) is 32.5 Å². The highest BCUT2D eigenvalue weighted by molar-refractivity contribution is 5.56. The SMILES string of the molecule is COc1ccc2c(c1OC)[C@@H](Cc1ccccc1)N1CCc3cc4c(cc3[C@H]1C2)OCO4. The number of hydrogen-bond donors (Lipinski definition) is 0. The maximum Gasteiger partial charge on any atom is 0.231 e. The van der Waals surface area contributed by atoms with Gasteiger partial charge in [-0.2, -0.15) is 0 Å². The standard InChI is InChI=1S/C27H27NO4/c1-29-23-9-8-19-13-21-20-15-25-24(31-16-32-25)14-18(20)10-11-28(21)22(26(19)27(23)30-2)12-17-6-4-3-5-7-17/h3-9,14-15,21-22H,10-13,16H2,1-2H3/t21-,22-/m1/s1. The molecule has 32 heavy (non-hydrogen) atoms. The van der Waals surface area contributed by atoms with Crippen molar-refractivity contribution in [1.82, 2.24) is 4.90 Å². The van der Waals surface area contributed by atoms with Crippen molar-refractivity contribution in [2.45, 2.75) is 31.3 Å². The normalized spacial score (nSPS) is 20.8. The van der Waals surface area contributed by atoms with Crippen LogP contribution >= 0.6 is 0 Å². The zero-order valence-electron chi connectivity index (χ0n) is 18.5. The van der Waals surface area contributed by atoms with Gasteiger partial charge in [-0.25, -0.2) is 0 Å². The van der Waals surface area contributed by atoms with E-state index in [-0.39, 0.29) is 6.04 Å². The monoisotopic (exact) mass is 429 g/mol. The van der Waals surface area contributed by atoms with E-state index < -0.39 is 0 Å². The van der Waals surface area contributed by atoms with E-state index in [0.717, 1.165) is 48.8 Å². The molecule has 5 nitrogen and oxygen atoms in total. The molecule has 0 radical (unpaired) electrons. The summed E-state index contributed by atoms with van der Waals surface area (Å²) in [6, 6.07) is 19.9. The van der Waals surface area contributed by atoms with Gasteiger partial charge < -0.3 is 18.9 Å². The summed E-state index contributed by atoms with van der Waals surface area (Å²) in [6.45, 7) is 1.30. The number of fused-ring (bicyclic) bond motifs is 5. The van der Waals surface area contributed by atoms with Crippen LogP contribution in [-0.2, 0) is 19.3 Å². The molecule has 0 bridgehead atoms. The van der Waals surface area contributed by atoms with Gasteiger partial charge in [0.15, 0.2) is 23.0 Å². The summed E-state index contributed by atoms with van der Waals surface area (Å²) in [5.74, 6) is 3.40. The first-order valence-electron chi connectivity index (χ1n) is 11.2. The first kappa shape index (κ1) is 19.5. The molecule has 164 valence electrons. The Labute approximate surface area is 188 Å². The van der Waals surface area contributed by atoms with Gasteiger partial charge in [0.25, 0.3) is 0 Å². The second kappa shape index (κ2) is 7.75. The highest BCUT2D eigenvalue weighted by Gasteiger charge is 2.41. The molecule has 3 aromatic rings. The molecule has 0 unspecified atom stereocenters. The molecule has 2 atom stereocenters. The average Bonchev–Trinajstić information content (AvgIpc) is 3.30. The molecule has 0 fully saturated rings. The Morgan fingerprint density at radius 2 is 1.75 bits per heavy atom. The topological polar surface area (TPSA) is 40.2 Å². The summed E-state index contributed by atoms with van der Waals surface area (Å²) >= 11 is 0. The highest BCUT2D eigenvalue weighted by atomic mass is 16.7. The van der Waals surface area contributed by atoms with Crippen molar-refractivity contribution in [3.05, 3.63) is 82.4 Å². The number of benzene rings is 3. The van der Waals surface area contributed by atoms with Gasteiger partial charge in [0.05, 0.1) is 14.2 Å². The van der Waals surface area contributed by atoms with Gasteiger partial charge in [-0.05, 0) is 59.7 Å². The van der Waals surface area contributed by atoms with Crippen molar-refractivity contribution in [2.24, 2.45) is 0 Å². The van der Waals surface area contributed by atoms with Crippen LogP contribution in [0.1, 0.15) is 39.9 Å². The first-order valence-corrected chi connectivity index (χ1v) is 11.2. The van der Waals surface area contributed by atoms with Gasteiger partial charge in [0.1, 0.15) is 0 Å². The fourth-order valence-electron chi connectivity index (χ4n) is 5.68. The minimum Gasteiger partial charge on any atom is -0.493 e. The number of nitrogens with zero attached hydrogens (tertiary/aromatic N) is 1. The maximum atomic E-state index is 5.92. The molecule has 0 amide bonds. The van der Waals surface area contributed by atoms with Gasteiger partial charge in [0, 0.05) is 24.2 Å². The zero-order valence-corrected chi connectivity index (χ0v) is 18.5. The Kier molecular flexibility index (Phi) is 4.72. The van der Waals surface area contributed by atoms with E-state index in [9.17, 15) is 0 Å². The molecule has 3 aliphatic heterocycles. The Bertz CT molecular complexity index is 1160. The number of methoxy groups -OCH3 is 2. The quantitative estimate of drug-likeness (QED) is 0.592. The molecular weight excluding hydrogens is 402 g/mol. The lowest BCUT2D eigenvalue weighted by Crippen LogP contribution is -2.43. The van der Waals surface area contributed by atoms with Crippen molar-refractivity contribution in [2.75, 3.05) is 27.6 Å². The molecular formula is C27H27NO4. The Balaban J connectivity index is 1.49. The van der Waals surface area contributed by atoms with E-state index in [4.69, 9.17) is 18.9 Å². The minimum atomic E-state index is 0.203. The lowest BCUT2D eigenvalue weighted by molar-refractivity contribution is 0.103. The summed E-state index contributed by atoms with van der Waals surface area (Å²) < 4.78 is 23.0. The lowest BCUT2D eigenvalue weighted by atomic mass is 9.78. The van der Waals surface area contributed by atoms with E-state index in [1.165, 1.54) is 27.8 Å². The molecule has 6 rings (SSSR count). The van der Waals surface area contributed by atoms with E-state index in [0.29, 0.717) is 12.8 Å². The van der Waals surface area contributed by atoms with Gasteiger partial charge in [0.2, 0.25) is 6.79 Å². The largest absolute Gasteiger partial charge is 0.493 e. The smallest absolute Gasteiger partial charge is 0.231 e. The van der Waals surface area contributed by atoms with Crippen molar-refractivity contribution < 1.29 is 18.9 Å². The van der Waals surface area contributed by atoms with Crippen LogP contribution in [0, 0.1) is 0 Å². The van der Waals surface area contributed by atoms with Gasteiger partial charge in [-0.15, -0.1) is 0 Å². The Morgan fingerprint density at radius 3 is 2.53 bits per heavy atom. The van der Waals surface area contributed by atoms with Crippen LogP contribution < -0.4 is 18.9 Å². The number of ether oxygens (including phenoxy) is 4. The zero-order chi connectivity index (χ0) is 21.7. The third-order valence-corrected chi connectivity index (χ3v) is 7.13. The van der Waals surface area contributed by atoms with E-state index in [1.54, 1.807) is 14.2 Å². The predicted octanol–water partition coefficient (Wildman–Crippen LogP) is 4.87. The third kappa shape index (κ3) is 3.03. The summed E-state index contributed by atoms with van der Waals surface area (Å²) in [7, 11) is 3.46. The van der Waals surface area contributed by atoms with Crippen molar-refractivity contribution in [3.8, 4) is 23.0 Å². The fraction of sp³-hybridized carbons (Fsp3) is 0.333. The first-order chi connectivity index (χ1) is 15.8. The molecule has 0 saturated carbocycles. The van der Waals surface area contributed by atoms with Gasteiger partial charge in [-0.3, -0.25) is 4.90 Å². The molecule has 3 aromatic carbocycles. The molecule has 3 aliphatic rings. The minimum absolute atomic E-state index is 0.203. The second-order valence-corrected chi connectivity index (χ2v) is 8.69. The second-order valence-electron chi connectivity index (χ2n) is 8.69. The van der Waals surface area contributed by atoms with Crippen LogP contribution in [0.25, 0.3) is 0 Å². The molecule has 0 aromatic heterocycles. The van der Waals surface area contributed by atoms with Crippen molar-refractivity contribution in [1.29, 1.82) is 0 Å². The third-order valence-electron chi connectivity index (χ3n) is 7.13. The van der Waals surface area contributed by atoms with Crippen LogP contribution in [0.4, 0.5) is 0 Å². The maximum absolute atomic E-state index is 5.92. The molecule has 0 saturated heterocycles. The summed E-state index contributed by atoms with van der Waals surface area (Å²) in [5, 5.41) is 0. The van der Waals surface area contributed by atoms with Crippen LogP contribution in [0.3, 0.4) is 0 Å². The molecule has 0 N–H and O–H groups in total. The summed E-state index contributed by atoms with van der Waals surface area (Å²) in [5.41, 5.74) is 6.65. The highest BCUT2D eigenvalue weighted by Crippen LogP contribution is 2.51. The Morgan fingerprint density at radius 1 is 0.938 bits per heavy atom. The molecule has 0 spiro atoms. The van der Waals surface area contributed by atoms with E-state index >= 15 is 0 Å². The summed E-state index contributed by atoms with van der Waals surface area (Å²) in [6.07, 6.45) is 2.86. The number of hydrogen-bond acceptors (Lipinski definition) is 5. The molecule has 0 aliphatic carbocycles. The average molecular weight is 430 g/mol. The molecule has 5 heteroatoms. The van der Waals surface area contributed by atoms with Gasteiger partial charge in [-0.1, -0.05) is 36.4 Å². The predicted molar refractivity (Wildman–Crippen MR) is 122 cm³/mol. The lowest BCUT2D eigenvalue weighted by Gasteiger charge is -2.47. The Hall–Kier alpha value is -3.18.